The molecule has 0 heteroatoms. The van der Waals surface area contributed by atoms with Crippen molar-refractivity contribution in [2.24, 2.45) is 16.7 Å². The fourth-order valence-corrected chi connectivity index (χ4v) is 2.61. The van der Waals surface area contributed by atoms with Crippen LogP contribution in [-0.2, 0) is 0 Å². The molecule has 0 heterocycles. The predicted molar refractivity (Wildman–Crippen MR) is 93.4 cm³/mol. The molecule has 2 atom stereocenters. The maximum absolute atomic E-state index is 2.45. The third kappa shape index (κ3) is 6.07. The predicted octanol–water partition coefficient (Wildman–Crippen LogP) is 7.60. The van der Waals surface area contributed by atoms with E-state index >= 15 is 0 Å². The SMILES string of the molecule is C.C.C.C.C.CC.CC12C=CC(C)(C)C(CC1)C2. The second-order valence-electron chi connectivity index (χ2n) is 5.25. The van der Waals surface area contributed by atoms with Crippen LogP contribution in [0.1, 0.15) is 91.0 Å². The summed E-state index contributed by atoms with van der Waals surface area (Å²) in [5, 5.41) is 0. The second kappa shape index (κ2) is 10.6. The van der Waals surface area contributed by atoms with E-state index in [1.807, 2.05) is 13.8 Å². The van der Waals surface area contributed by atoms with Gasteiger partial charge in [0.1, 0.15) is 0 Å². The highest BCUT2D eigenvalue weighted by atomic mass is 14.5. The molecule has 0 saturated heterocycles. The number of allylic oxidation sites excluding steroid dienone is 2. The van der Waals surface area contributed by atoms with Crippen LogP contribution in [0.5, 0.6) is 0 Å². The molecule has 2 bridgehead atoms. The normalized spacial score (nSPS) is 28.6. The van der Waals surface area contributed by atoms with E-state index in [9.17, 15) is 0 Å². The number of rotatable bonds is 0. The Balaban J connectivity index is -0.0000000770. The summed E-state index contributed by atoms with van der Waals surface area (Å²) in [5.41, 5.74) is 1.05. The van der Waals surface area contributed by atoms with Gasteiger partial charge in [0, 0.05) is 0 Å². The highest BCUT2D eigenvalue weighted by molar-refractivity contribution is 5.14. The first-order valence-corrected chi connectivity index (χ1v) is 5.72. The summed E-state index contributed by atoms with van der Waals surface area (Å²) >= 11 is 0. The highest BCUT2D eigenvalue weighted by Gasteiger charge is 2.43. The summed E-state index contributed by atoms with van der Waals surface area (Å²) in [6.07, 6.45) is 9.18. The Bertz CT molecular complexity index is 200. The minimum absolute atomic E-state index is 0. The monoisotopic (exact) mass is 260 g/mol. The van der Waals surface area contributed by atoms with Gasteiger partial charge < -0.3 is 0 Å². The van der Waals surface area contributed by atoms with E-state index < -0.39 is 0 Å². The van der Waals surface area contributed by atoms with Crippen LogP contribution in [0.15, 0.2) is 12.2 Å². The van der Waals surface area contributed by atoms with Gasteiger partial charge in [0.05, 0.1) is 0 Å². The van der Waals surface area contributed by atoms with Gasteiger partial charge in [-0.25, -0.2) is 0 Å². The largest absolute Gasteiger partial charge is 0.0820 e. The van der Waals surface area contributed by atoms with Crippen LogP contribution < -0.4 is 0 Å². The maximum atomic E-state index is 2.45. The first-order valence-electron chi connectivity index (χ1n) is 5.72. The van der Waals surface area contributed by atoms with Crippen LogP contribution in [0.2, 0.25) is 0 Å². The van der Waals surface area contributed by atoms with Gasteiger partial charge in [-0.15, -0.1) is 0 Å². The zero-order valence-electron chi connectivity index (χ0n) is 9.85. The molecule has 0 aromatic carbocycles. The molecule has 0 radical (unpaired) electrons. The van der Waals surface area contributed by atoms with Gasteiger partial charge in [-0.3, -0.25) is 0 Å². The van der Waals surface area contributed by atoms with Gasteiger partial charge in [0.2, 0.25) is 0 Å². The van der Waals surface area contributed by atoms with Crippen molar-refractivity contribution in [1.29, 1.82) is 0 Å². The van der Waals surface area contributed by atoms with E-state index in [1.54, 1.807) is 0 Å². The molecule has 0 N–H and O–H groups in total. The van der Waals surface area contributed by atoms with Crippen molar-refractivity contribution in [3.8, 4) is 0 Å². The maximum Gasteiger partial charge on any atom is -0.0143 e. The summed E-state index contributed by atoms with van der Waals surface area (Å²) in [5.74, 6) is 0.956. The molecular weight excluding hydrogens is 216 g/mol. The van der Waals surface area contributed by atoms with Crippen LogP contribution in [0.4, 0.5) is 0 Å². The first-order chi connectivity index (χ1) is 6.02. The van der Waals surface area contributed by atoms with E-state index in [1.165, 1.54) is 19.3 Å². The lowest BCUT2D eigenvalue weighted by Gasteiger charge is -2.34. The molecule has 116 valence electrons. The Morgan fingerprint density at radius 2 is 1.28 bits per heavy atom. The van der Waals surface area contributed by atoms with Gasteiger partial charge in [0.25, 0.3) is 0 Å². The first kappa shape index (κ1) is 30.6. The fraction of sp³-hybridized carbons (Fsp3) is 0.889. The molecule has 0 amide bonds. The summed E-state index contributed by atoms with van der Waals surface area (Å²) in [6.45, 7) is 11.1. The van der Waals surface area contributed by atoms with Crippen molar-refractivity contribution in [2.75, 3.05) is 0 Å². The third-order valence-corrected chi connectivity index (χ3v) is 3.74. The molecule has 0 nitrogen and oxygen atoms in total. The van der Waals surface area contributed by atoms with Crippen molar-refractivity contribution < 1.29 is 0 Å². The summed E-state index contributed by atoms with van der Waals surface area (Å²) in [7, 11) is 0. The lowest BCUT2D eigenvalue weighted by Crippen LogP contribution is -2.25. The Hall–Kier alpha value is -0.260. The standard InChI is InChI=1S/C11H18.C2H6.5CH4/c1-10(2)6-7-11(3)5-4-9(10)8-11;1-2;;;;;/h6-7,9H,4-5,8H2,1-3H3;1-2H3;5*1H4. The van der Waals surface area contributed by atoms with Gasteiger partial charge in [-0.1, -0.05) is 83.9 Å². The summed E-state index contributed by atoms with van der Waals surface area (Å²) < 4.78 is 0. The topological polar surface area (TPSA) is 0 Å². The van der Waals surface area contributed by atoms with E-state index in [-0.39, 0.29) is 37.1 Å². The zero-order chi connectivity index (χ0) is 10.1. The van der Waals surface area contributed by atoms with E-state index in [0.717, 1.165) is 5.92 Å². The molecule has 2 unspecified atom stereocenters. The van der Waals surface area contributed by atoms with Crippen molar-refractivity contribution in [3.63, 3.8) is 0 Å². The average Bonchev–Trinajstić information content (AvgIpc) is 2.45. The molecule has 18 heavy (non-hydrogen) atoms. The van der Waals surface area contributed by atoms with E-state index in [2.05, 4.69) is 32.9 Å². The second-order valence-corrected chi connectivity index (χ2v) is 5.25. The molecule has 2 aliphatic rings. The van der Waals surface area contributed by atoms with Crippen molar-refractivity contribution in [3.05, 3.63) is 12.2 Å². The highest BCUT2D eigenvalue weighted by Crippen LogP contribution is 2.54. The van der Waals surface area contributed by atoms with Crippen LogP contribution >= 0.6 is 0 Å². The minimum atomic E-state index is 0. The van der Waals surface area contributed by atoms with Gasteiger partial charge in [0.15, 0.2) is 0 Å². The minimum Gasteiger partial charge on any atom is -0.0820 e. The molecule has 2 aliphatic carbocycles. The molecule has 0 aromatic heterocycles. The molecule has 1 fully saturated rings. The van der Waals surface area contributed by atoms with Crippen molar-refractivity contribution >= 4 is 0 Å². The smallest absolute Gasteiger partial charge is 0.0143 e. The molecule has 0 aliphatic heterocycles. The fourth-order valence-electron chi connectivity index (χ4n) is 2.61. The van der Waals surface area contributed by atoms with E-state index in [0.29, 0.717) is 10.8 Å². The van der Waals surface area contributed by atoms with Gasteiger partial charge >= 0.3 is 0 Å². The van der Waals surface area contributed by atoms with Gasteiger partial charge in [-0.05, 0) is 36.0 Å². The Kier molecular flexibility index (Phi) is 18.1. The lowest BCUT2D eigenvalue weighted by atomic mass is 9.70. The number of hydrogen-bond donors (Lipinski definition) is 0. The Morgan fingerprint density at radius 1 is 0.833 bits per heavy atom. The van der Waals surface area contributed by atoms with Crippen molar-refractivity contribution in [1.82, 2.24) is 0 Å². The lowest BCUT2D eigenvalue weighted by molar-refractivity contribution is 0.247. The number of hydrogen-bond acceptors (Lipinski definition) is 0. The van der Waals surface area contributed by atoms with E-state index in [4.69, 9.17) is 0 Å². The zero-order valence-corrected chi connectivity index (χ0v) is 9.85. The molecule has 0 aromatic rings. The average molecular weight is 261 g/mol. The number of fused-ring (bicyclic) bond motifs is 2. The quantitative estimate of drug-likeness (QED) is 0.393. The third-order valence-electron chi connectivity index (χ3n) is 3.74. The van der Waals surface area contributed by atoms with Crippen LogP contribution in [0.3, 0.4) is 0 Å². The summed E-state index contributed by atoms with van der Waals surface area (Å²) in [6, 6.07) is 0. The Labute approximate surface area is 120 Å². The van der Waals surface area contributed by atoms with Crippen LogP contribution in [-0.4, -0.2) is 0 Å². The molecule has 2 rings (SSSR count). The summed E-state index contributed by atoms with van der Waals surface area (Å²) in [4.78, 5) is 0. The molecule has 0 spiro atoms. The van der Waals surface area contributed by atoms with Crippen molar-refractivity contribution in [2.45, 2.75) is 91.0 Å². The Morgan fingerprint density at radius 3 is 1.67 bits per heavy atom. The van der Waals surface area contributed by atoms with Crippen LogP contribution in [0, 0.1) is 16.7 Å². The molecule has 1 saturated carbocycles. The van der Waals surface area contributed by atoms with Crippen LogP contribution in [0.25, 0.3) is 0 Å². The van der Waals surface area contributed by atoms with Gasteiger partial charge in [-0.2, -0.15) is 0 Å². The molecular formula is C18H44.